The van der Waals surface area contributed by atoms with E-state index in [1.165, 1.54) is 6.07 Å². The zero-order valence-electron chi connectivity index (χ0n) is 11.3. The topological polar surface area (TPSA) is 53.3 Å². The van der Waals surface area contributed by atoms with Gasteiger partial charge in [-0.05, 0) is 30.7 Å². The smallest absolute Gasteiger partial charge is 0.406 e. The van der Waals surface area contributed by atoms with Crippen LogP contribution in [-0.2, 0) is 4.79 Å². The molecule has 1 fully saturated rings. The minimum atomic E-state index is -4.41. The maximum atomic E-state index is 12.3. The number of hydrogen-bond donors (Lipinski definition) is 0. The first-order chi connectivity index (χ1) is 9.80. The summed E-state index contributed by atoms with van der Waals surface area (Å²) < 4.78 is 42.4. The molecule has 0 N–H and O–H groups in total. The van der Waals surface area contributed by atoms with Gasteiger partial charge in [0.25, 0.3) is 5.91 Å². The molecule has 1 heterocycles. The predicted octanol–water partition coefficient (Wildman–Crippen LogP) is 2.41. The Morgan fingerprint density at radius 3 is 2.76 bits per heavy atom. The molecule has 0 saturated carbocycles. The fourth-order valence-corrected chi connectivity index (χ4v) is 2.19. The van der Waals surface area contributed by atoms with E-state index in [-0.39, 0.29) is 13.0 Å². The molecule has 112 valence electrons. The fourth-order valence-electron chi connectivity index (χ4n) is 2.19. The zero-order valence-corrected chi connectivity index (χ0v) is 11.3. The third-order valence-corrected chi connectivity index (χ3v) is 3.22. The number of likely N-dealkylation sites (tertiary alicyclic amines) is 1. The Labute approximate surface area is 119 Å². The number of carbonyl (C=O) groups excluding carboxylic acids is 1. The predicted molar refractivity (Wildman–Crippen MR) is 67.6 cm³/mol. The molecule has 21 heavy (non-hydrogen) atoms. The van der Waals surface area contributed by atoms with Crippen molar-refractivity contribution in [1.29, 1.82) is 5.26 Å². The Balaban J connectivity index is 2.03. The number of rotatable bonds is 3. The van der Waals surface area contributed by atoms with Crippen LogP contribution in [0, 0.1) is 18.3 Å². The zero-order chi connectivity index (χ0) is 15.6. The standard InChI is InChI=1S/C14H13F3N2O2/c1-9-6-11(3-2-10(9)7-18)21-12-4-5-19(13(12)20)8-14(15,16)17/h2-3,6,12H,4-5,8H2,1H3. The van der Waals surface area contributed by atoms with Crippen LogP contribution in [0.5, 0.6) is 5.75 Å². The average Bonchev–Trinajstić information content (AvgIpc) is 2.70. The largest absolute Gasteiger partial charge is 0.481 e. The van der Waals surface area contributed by atoms with Gasteiger partial charge in [0.2, 0.25) is 0 Å². The number of ether oxygens (including phenoxy) is 1. The van der Waals surface area contributed by atoms with Crippen molar-refractivity contribution >= 4 is 5.91 Å². The number of benzene rings is 1. The van der Waals surface area contributed by atoms with E-state index in [0.717, 1.165) is 4.90 Å². The van der Waals surface area contributed by atoms with E-state index in [4.69, 9.17) is 10.00 Å². The van der Waals surface area contributed by atoms with E-state index in [2.05, 4.69) is 0 Å². The molecule has 1 amide bonds. The third kappa shape index (κ3) is 3.66. The van der Waals surface area contributed by atoms with Crippen molar-refractivity contribution < 1.29 is 22.7 Å². The van der Waals surface area contributed by atoms with E-state index in [0.29, 0.717) is 16.9 Å². The van der Waals surface area contributed by atoms with Gasteiger partial charge in [-0.15, -0.1) is 0 Å². The lowest BCUT2D eigenvalue weighted by molar-refractivity contribution is -0.159. The molecular weight excluding hydrogens is 285 g/mol. The summed E-state index contributed by atoms with van der Waals surface area (Å²) in [4.78, 5) is 12.6. The molecule has 2 rings (SSSR count). The molecule has 1 aliphatic heterocycles. The van der Waals surface area contributed by atoms with Crippen LogP contribution in [0.25, 0.3) is 0 Å². The summed E-state index contributed by atoms with van der Waals surface area (Å²) in [6.45, 7) is 0.494. The normalized spacial score (nSPS) is 18.7. The average molecular weight is 298 g/mol. The number of aryl methyl sites for hydroxylation is 1. The van der Waals surface area contributed by atoms with Gasteiger partial charge < -0.3 is 9.64 Å². The number of hydrogen-bond acceptors (Lipinski definition) is 3. The fraction of sp³-hybridized carbons (Fsp3) is 0.429. The van der Waals surface area contributed by atoms with E-state index >= 15 is 0 Å². The number of amides is 1. The van der Waals surface area contributed by atoms with Crippen LogP contribution in [0.3, 0.4) is 0 Å². The van der Waals surface area contributed by atoms with Gasteiger partial charge in [0.1, 0.15) is 12.3 Å². The molecular formula is C14H13F3N2O2. The van der Waals surface area contributed by atoms with Gasteiger partial charge in [-0.1, -0.05) is 0 Å². The second-order valence-corrected chi connectivity index (χ2v) is 4.86. The Bertz CT molecular complexity index is 593. The van der Waals surface area contributed by atoms with E-state index < -0.39 is 24.7 Å². The molecule has 1 saturated heterocycles. The van der Waals surface area contributed by atoms with Crippen LogP contribution in [0.15, 0.2) is 18.2 Å². The summed E-state index contributed by atoms with van der Waals surface area (Å²) in [6.07, 6.45) is -5.09. The number of carbonyl (C=O) groups is 1. The minimum Gasteiger partial charge on any atom is -0.481 e. The summed E-state index contributed by atoms with van der Waals surface area (Å²) in [6, 6.07) is 6.68. The van der Waals surface area contributed by atoms with Gasteiger partial charge in [0.05, 0.1) is 11.6 Å². The molecule has 1 atom stereocenters. The molecule has 7 heteroatoms. The highest BCUT2D eigenvalue weighted by atomic mass is 19.4. The number of nitriles is 1. The van der Waals surface area contributed by atoms with E-state index in [1.54, 1.807) is 19.1 Å². The molecule has 0 radical (unpaired) electrons. The quantitative estimate of drug-likeness (QED) is 0.861. The second-order valence-electron chi connectivity index (χ2n) is 4.86. The van der Waals surface area contributed by atoms with E-state index in [1.807, 2.05) is 6.07 Å². The molecule has 4 nitrogen and oxygen atoms in total. The molecule has 0 bridgehead atoms. The van der Waals surface area contributed by atoms with Crippen molar-refractivity contribution in [2.24, 2.45) is 0 Å². The molecule has 1 aromatic carbocycles. The highest BCUT2D eigenvalue weighted by Gasteiger charge is 2.40. The Hall–Kier alpha value is -2.23. The van der Waals surface area contributed by atoms with Crippen LogP contribution in [0.4, 0.5) is 13.2 Å². The van der Waals surface area contributed by atoms with Gasteiger partial charge in [0.15, 0.2) is 6.10 Å². The van der Waals surface area contributed by atoms with Crippen molar-refractivity contribution in [3.8, 4) is 11.8 Å². The van der Waals surface area contributed by atoms with Crippen molar-refractivity contribution in [2.45, 2.75) is 25.6 Å². The van der Waals surface area contributed by atoms with Crippen LogP contribution >= 0.6 is 0 Å². The summed E-state index contributed by atoms with van der Waals surface area (Å²) in [5.74, 6) is -0.284. The molecule has 1 aliphatic rings. The van der Waals surface area contributed by atoms with Crippen molar-refractivity contribution in [2.75, 3.05) is 13.1 Å². The highest BCUT2D eigenvalue weighted by Crippen LogP contribution is 2.25. The first-order valence-corrected chi connectivity index (χ1v) is 6.33. The van der Waals surface area contributed by atoms with Crippen LogP contribution < -0.4 is 4.74 Å². The van der Waals surface area contributed by atoms with Crippen molar-refractivity contribution in [3.63, 3.8) is 0 Å². The molecule has 0 aliphatic carbocycles. The van der Waals surface area contributed by atoms with Gasteiger partial charge >= 0.3 is 6.18 Å². The highest BCUT2D eigenvalue weighted by molar-refractivity contribution is 5.83. The van der Waals surface area contributed by atoms with Crippen molar-refractivity contribution in [1.82, 2.24) is 4.90 Å². The van der Waals surface area contributed by atoms with Crippen molar-refractivity contribution in [3.05, 3.63) is 29.3 Å². The van der Waals surface area contributed by atoms with Gasteiger partial charge in [-0.3, -0.25) is 4.79 Å². The third-order valence-electron chi connectivity index (χ3n) is 3.22. The molecule has 0 aromatic heterocycles. The van der Waals surface area contributed by atoms with Gasteiger partial charge in [-0.25, -0.2) is 0 Å². The minimum absolute atomic E-state index is 0.0261. The first kappa shape index (κ1) is 15.2. The summed E-state index contributed by atoms with van der Waals surface area (Å²) in [5.41, 5.74) is 1.17. The Kier molecular flexibility index (Phi) is 4.07. The Morgan fingerprint density at radius 1 is 1.48 bits per heavy atom. The van der Waals surface area contributed by atoms with E-state index in [9.17, 15) is 18.0 Å². The van der Waals surface area contributed by atoms with Crippen LogP contribution in [0.2, 0.25) is 0 Å². The van der Waals surface area contributed by atoms with Gasteiger partial charge in [0, 0.05) is 13.0 Å². The molecule has 0 spiro atoms. The monoisotopic (exact) mass is 298 g/mol. The lowest BCUT2D eigenvalue weighted by atomic mass is 10.1. The Morgan fingerprint density at radius 2 is 2.19 bits per heavy atom. The SMILES string of the molecule is Cc1cc(OC2CCN(CC(F)(F)F)C2=O)ccc1C#N. The summed E-state index contributed by atoms with van der Waals surface area (Å²) >= 11 is 0. The maximum Gasteiger partial charge on any atom is 0.406 e. The van der Waals surface area contributed by atoms with Crippen LogP contribution in [0.1, 0.15) is 17.5 Å². The molecule has 1 unspecified atom stereocenters. The summed E-state index contributed by atoms with van der Waals surface area (Å²) in [5, 5.41) is 8.82. The van der Waals surface area contributed by atoms with Crippen LogP contribution in [-0.4, -0.2) is 36.2 Å². The second kappa shape index (κ2) is 5.64. The first-order valence-electron chi connectivity index (χ1n) is 6.33. The maximum absolute atomic E-state index is 12.3. The lowest BCUT2D eigenvalue weighted by Crippen LogP contribution is -2.38. The number of halogens is 3. The lowest BCUT2D eigenvalue weighted by Gasteiger charge is -2.18. The summed E-state index contributed by atoms with van der Waals surface area (Å²) in [7, 11) is 0. The molecule has 1 aromatic rings. The number of nitrogens with zero attached hydrogens (tertiary/aromatic N) is 2. The number of alkyl halides is 3. The van der Waals surface area contributed by atoms with Gasteiger partial charge in [-0.2, -0.15) is 18.4 Å².